The number of methoxy groups -OCH3 is 1. The van der Waals surface area contributed by atoms with Crippen molar-refractivity contribution in [3.63, 3.8) is 0 Å². The molecule has 1 fully saturated rings. The molecule has 0 saturated carbocycles. The van der Waals surface area contributed by atoms with Crippen molar-refractivity contribution in [2.75, 3.05) is 18.6 Å². The van der Waals surface area contributed by atoms with Gasteiger partial charge in [-0.1, -0.05) is 5.10 Å². The predicted octanol–water partition coefficient (Wildman–Crippen LogP) is 2.09. The van der Waals surface area contributed by atoms with Gasteiger partial charge in [-0.3, -0.25) is 9.69 Å². The number of anilines is 1. The van der Waals surface area contributed by atoms with Gasteiger partial charge in [-0.15, -0.1) is 16.7 Å². The van der Waals surface area contributed by atoms with E-state index in [0.717, 1.165) is 11.3 Å². The monoisotopic (exact) mass is 293 g/mol. The van der Waals surface area contributed by atoms with Gasteiger partial charge in [0.1, 0.15) is 5.75 Å². The second-order valence-corrected chi connectivity index (χ2v) is 5.04. The summed E-state index contributed by atoms with van der Waals surface area (Å²) in [6.07, 6.45) is 0.293. The molecule has 1 saturated heterocycles. The molecular weight excluding hydrogens is 282 g/mol. The molecule has 1 aromatic heterocycles. The minimum atomic E-state index is -0.209. The molecule has 7 heteroatoms. The Kier molecular flexibility index (Phi) is 3.31. The Morgan fingerprint density at radius 2 is 2.10 bits per heavy atom. The van der Waals surface area contributed by atoms with Crippen LogP contribution >= 0.6 is 11.6 Å². The number of ether oxygens (including phenoxy) is 1. The second kappa shape index (κ2) is 5.13. The van der Waals surface area contributed by atoms with Gasteiger partial charge in [-0.05, 0) is 24.3 Å². The largest absolute Gasteiger partial charge is 0.497 e. The number of nitrogens with zero attached hydrogens (tertiary/aromatic N) is 3. The summed E-state index contributed by atoms with van der Waals surface area (Å²) in [7, 11) is 1.60. The summed E-state index contributed by atoms with van der Waals surface area (Å²) in [4.78, 5) is 13.1. The Bertz CT molecular complexity index is 626. The van der Waals surface area contributed by atoms with Crippen LogP contribution in [0.25, 0.3) is 11.5 Å². The summed E-state index contributed by atoms with van der Waals surface area (Å²) >= 11 is 5.94. The van der Waals surface area contributed by atoms with Crippen LogP contribution in [-0.2, 0) is 4.79 Å². The predicted molar refractivity (Wildman–Crippen MR) is 72.9 cm³/mol. The number of alkyl halides is 1. The van der Waals surface area contributed by atoms with Crippen LogP contribution in [0.15, 0.2) is 28.7 Å². The third-order valence-corrected chi connectivity index (χ3v) is 3.35. The van der Waals surface area contributed by atoms with E-state index < -0.39 is 0 Å². The van der Waals surface area contributed by atoms with Crippen LogP contribution in [0.2, 0.25) is 0 Å². The first-order chi connectivity index (χ1) is 9.67. The highest BCUT2D eigenvalue weighted by atomic mass is 35.5. The standard InChI is InChI=1S/C13H12ClN3O3/c1-19-10-4-2-8(3-5-10)12-15-16-13(20-12)17-7-9(14)6-11(17)18/h2-5,9H,6-7H2,1H3. The number of aromatic nitrogens is 2. The van der Waals surface area contributed by atoms with Crippen LogP contribution in [0.1, 0.15) is 6.42 Å². The topological polar surface area (TPSA) is 68.5 Å². The van der Waals surface area contributed by atoms with Crippen LogP contribution in [0.4, 0.5) is 6.01 Å². The SMILES string of the molecule is COc1ccc(-c2nnc(N3CC(Cl)CC3=O)o2)cc1. The molecule has 20 heavy (non-hydrogen) atoms. The van der Waals surface area contributed by atoms with Crippen molar-refractivity contribution < 1.29 is 13.9 Å². The molecule has 0 radical (unpaired) electrons. The summed E-state index contributed by atoms with van der Waals surface area (Å²) in [5.74, 6) is 0.997. The third kappa shape index (κ3) is 2.34. The average Bonchev–Trinajstić information content (AvgIpc) is 3.05. The zero-order valence-electron chi connectivity index (χ0n) is 10.7. The van der Waals surface area contributed by atoms with E-state index >= 15 is 0 Å². The van der Waals surface area contributed by atoms with Gasteiger partial charge in [0.2, 0.25) is 11.8 Å². The number of rotatable bonds is 3. The van der Waals surface area contributed by atoms with E-state index in [4.69, 9.17) is 20.8 Å². The number of hydrogen-bond donors (Lipinski definition) is 0. The quantitative estimate of drug-likeness (QED) is 0.811. The molecule has 1 amide bonds. The molecule has 1 unspecified atom stereocenters. The molecule has 3 rings (SSSR count). The zero-order chi connectivity index (χ0) is 14.1. The molecule has 0 N–H and O–H groups in total. The van der Waals surface area contributed by atoms with E-state index in [1.165, 1.54) is 4.90 Å². The molecule has 1 atom stereocenters. The van der Waals surface area contributed by atoms with Crippen molar-refractivity contribution in [2.45, 2.75) is 11.8 Å². The lowest BCUT2D eigenvalue weighted by molar-refractivity contribution is -0.117. The molecule has 0 aliphatic carbocycles. The lowest BCUT2D eigenvalue weighted by atomic mass is 10.2. The fourth-order valence-electron chi connectivity index (χ4n) is 2.02. The Hall–Kier alpha value is -2.08. The summed E-state index contributed by atoms with van der Waals surface area (Å²) in [6.45, 7) is 0.393. The van der Waals surface area contributed by atoms with Gasteiger partial charge < -0.3 is 9.15 Å². The van der Waals surface area contributed by atoms with Crippen LogP contribution in [0.3, 0.4) is 0 Å². The van der Waals surface area contributed by atoms with Gasteiger partial charge in [0.15, 0.2) is 0 Å². The second-order valence-electron chi connectivity index (χ2n) is 4.42. The summed E-state index contributed by atoms with van der Waals surface area (Å²) in [5, 5.41) is 7.64. The van der Waals surface area contributed by atoms with E-state index in [-0.39, 0.29) is 17.3 Å². The van der Waals surface area contributed by atoms with Crippen LogP contribution in [0.5, 0.6) is 5.75 Å². The van der Waals surface area contributed by atoms with Crippen LogP contribution in [-0.4, -0.2) is 35.1 Å². The minimum Gasteiger partial charge on any atom is -0.497 e. The maximum Gasteiger partial charge on any atom is 0.325 e. The normalized spacial score (nSPS) is 18.6. The first-order valence-corrected chi connectivity index (χ1v) is 6.53. The van der Waals surface area contributed by atoms with E-state index in [1.54, 1.807) is 19.2 Å². The highest BCUT2D eigenvalue weighted by molar-refractivity contribution is 6.24. The van der Waals surface area contributed by atoms with E-state index in [1.807, 2.05) is 12.1 Å². The van der Waals surface area contributed by atoms with E-state index in [2.05, 4.69) is 10.2 Å². The molecule has 104 valence electrons. The molecule has 0 spiro atoms. The summed E-state index contributed by atoms with van der Waals surface area (Å²) in [6, 6.07) is 7.41. The van der Waals surface area contributed by atoms with Crippen LogP contribution < -0.4 is 9.64 Å². The molecule has 1 aliphatic heterocycles. The number of halogens is 1. The van der Waals surface area contributed by atoms with E-state index in [0.29, 0.717) is 18.9 Å². The lowest BCUT2D eigenvalue weighted by Crippen LogP contribution is -2.24. The van der Waals surface area contributed by atoms with Gasteiger partial charge in [-0.2, -0.15) is 0 Å². The number of amides is 1. The number of carbonyl (C=O) groups excluding carboxylic acids is 1. The molecule has 0 bridgehead atoms. The van der Waals surface area contributed by atoms with Gasteiger partial charge in [-0.25, -0.2) is 0 Å². The number of hydrogen-bond acceptors (Lipinski definition) is 5. The van der Waals surface area contributed by atoms with Crippen molar-refractivity contribution in [1.29, 1.82) is 0 Å². The first kappa shape index (κ1) is 12.9. The maximum absolute atomic E-state index is 11.7. The van der Waals surface area contributed by atoms with Gasteiger partial charge >= 0.3 is 6.01 Å². The first-order valence-electron chi connectivity index (χ1n) is 6.10. The fraction of sp³-hybridized carbons (Fsp3) is 0.308. The molecule has 2 aromatic rings. The highest BCUT2D eigenvalue weighted by Crippen LogP contribution is 2.27. The number of carbonyl (C=O) groups is 1. The Labute approximate surface area is 120 Å². The maximum atomic E-state index is 11.7. The Morgan fingerprint density at radius 1 is 1.35 bits per heavy atom. The van der Waals surface area contributed by atoms with Gasteiger partial charge in [0.25, 0.3) is 0 Å². The third-order valence-electron chi connectivity index (χ3n) is 3.06. The molecular formula is C13H12ClN3O3. The van der Waals surface area contributed by atoms with Crippen molar-refractivity contribution in [3.8, 4) is 17.2 Å². The fourth-order valence-corrected chi connectivity index (χ4v) is 2.29. The Balaban J connectivity index is 1.84. The molecule has 2 heterocycles. The summed E-state index contributed by atoms with van der Waals surface area (Å²) in [5.41, 5.74) is 0.763. The highest BCUT2D eigenvalue weighted by Gasteiger charge is 2.32. The van der Waals surface area contributed by atoms with Crippen LogP contribution in [0, 0.1) is 0 Å². The zero-order valence-corrected chi connectivity index (χ0v) is 11.5. The summed E-state index contributed by atoms with van der Waals surface area (Å²) < 4.78 is 10.6. The average molecular weight is 294 g/mol. The molecule has 6 nitrogen and oxygen atoms in total. The molecule has 1 aromatic carbocycles. The van der Waals surface area contributed by atoms with Gasteiger partial charge in [0, 0.05) is 18.5 Å². The van der Waals surface area contributed by atoms with Crippen molar-refractivity contribution >= 4 is 23.5 Å². The van der Waals surface area contributed by atoms with E-state index in [9.17, 15) is 4.79 Å². The van der Waals surface area contributed by atoms with Crippen molar-refractivity contribution in [2.24, 2.45) is 0 Å². The molecule has 1 aliphatic rings. The lowest BCUT2D eigenvalue weighted by Gasteiger charge is -2.08. The van der Waals surface area contributed by atoms with Gasteiger partial charge in [0.05, 0.1) is 12.5 Å². The smallest absolute Gasteiger partial charge is 0.325 e. The number of benzene rings is 1. The van der Waals surface area contributed by atoms with Crippen molar-refractivity contribution in [3.05, 3.63) is 24.3 Å². The Morgan fingerprint density at radius 3 is 2.70 bits per heavy atom. The van der Waals surface area contributed by atoms with Crippen molar-refractivity contribution in [1.82, 2.24) is 10.2 Å². The minimum absolute atomic E-state index is 0.102.